The summed E-state index contributed by atoms with van der Waals surface area (Å²) in [6.07, 6.45) is -1.19. The van der Waals surface area contributed by atoms with Gasteiger partial charge in [-0.25, -0.2) is 0 Å². The number of anilines is 2. The highest BCUT2D eigenvalue weighted by Crippen LogP contribution is 2.36. The first-order valence-electron chi connectivity index (χ1n) is 8.02. The average Bonchev–Trinajstić information content (AvgIpc) is 3.09. The summed E-state index contributed by atoms with van der Waals surface area (Å²) in [6.45, 7) is 1.44. The molecule has 0 aliphatic carbocycles. The summed E-state index contributed by atoms with van der Waals surface area (Å²) in [6, 6.07) is 10.9. The van der Waals surface area contributed by atoms with Crippen molar-refractivity contribution >= 4 is 51.6 Å². The molecular formula is C18H15N3O4S2. The molecule has 2 aromatic rings. The van der Waals surface area contributed by atoms with Crippen molar-refractivity contribution in [1.29, 1.82) is 5.26 Å². The van der Waals surface area contributed by atoms with Crippen molar-refractivity contribution in [1.82, 2.24) is 0 Å². The fraction of sp³-hybridized carbons (Fsp3) is 0.222. The number of nitrogens with zero attached hydrogens (tertiary/aromatic N) is 1. The summed E-state index contributed by atoms with van der Waals surface area (Å²) in [5, 5.41) is 15.8. The van der Waals surface area contributed by atoms with Crippen LogP contribution < -0.4 is 10.6 Å². The number of fused-ring (bicyclic) bond motifs is 1. The highest BCUT2D eigenvalue weighted by molar-refractivity contribution is 8.01. The van der Waals surface area contributed by atoms with Crippen LogP contribution in [0.1, 0.15) is 18.9 Å². The highest BCUT2D eigenvalue weighted by atomic mass is 32.2. The summed E-state index contributed by atoms with van der Waals surface area (Å²) < 4.78 is 5.15. The average molecular weight is 401 g/mol. The summed E-state index contributed by atoms with van der Waals surface area (Å²) in [5.74, 6) is -1.45. The number of thioether (sulfide) groups is 1. The van der Waals surface area contributed by atoms with Crippen LogP contribution in [0.25, 0.3) is 0 Å². The SMILES string of the molecule is C[C@H](OC(=O)C[C@H]1Sc2ccccc2NC1=O)C(=O)Nc1sccc1C#N. The first kappa shape index (κ1) is 18.9. The highest BCUT2D eigenvalue weighted by Gasteiger charge is 2.30. The third kappa shape index (κ3) is 4.48. The van der Waals surface area contributed by atoms with Crippen LogP contribution in [0.15, 0.2) is 40.6 Å². The van der Waals surface area contributed by atoms with Gasteiger partial charge in [-0.05, 0) is 30.5 Å². The lowest BCUT2D eigenvalue weighted by Gasteiger charge is -2.23. The van der Waals surface area contributed by atoms with E-state index in [-0.39, 0.29) is 12.3 Å². The van der Waals surface area contributed by atoms with Crippen LogP contribution in [-0.2, 0) is 19.1 Å². The molecular weight excluding hydrogens is 386 g/mol. The molecule has 27 heavy (non-hydrogen) atoms. The number of hydrogen-bond donors (Lipinski definition) is 2. The van der Waals surface area contributed by atoms with Crippen molar-refractivity contribution in [2.45, 2.75) is 29.6 Å². The van der Waals surface area contributed by atoms with Gasteiger partial charge in [0.2, 0.25) is 5.91 Å². The molecule has 1 aliphatic heterocycles. The maximum atomic E-state index is 12.2. The number of thiophene rings is 1. The van der Waals surface area contributed by atoms with Gasteiger partial charge in [0.25, 0.3) is 5.91 Å². The molecule has 1 aromatic carbocycles. The van der Waals surface area contributed by atoms with Crippen LogP contribution in [-0.4, -0.2) is 29.1 Å². The van der Waals surface area contributed by atoms with E-state index in [9.17, 15) is 14.4 Å². The van der Waals surface area contributed by atoms with Gasteiger partial charge in [0.05, 0.1) is 22.9 Å². The summed E-state index contributed by atoms with van der Waals surface area (Å²) in [7, 11) is 0. The van der Waals surface area contributed by atoms with E-state index in [1.807, 2.05) is 24.3 Å². The Hall–Kier alpha value is -2.83. The third-order valence-corrected chi connectivity index (χ3v) is 5.86. The Bertz CT molecular complexity index is 935. The number of esters is 1. The van der Waals surface area contributed by atoms with Gasteiger partial charge >= 0.3 is 5.97 Å². The van der Waals surface area contributed by atoms with E-state index < -0.39 is 23.2 Å². The number of nitriles is 1. The molecule has 2 amide bonds. The zero-order chi connectivity index (χ0) is 19.4. The number of amides is 2. The van der Waals surface area contributed by atoms with Crippen molar-refractivity contribution in [2.24, 2.45) is 0 Å². The molecule has 0 bridgehead atoms. The molecule has 0 spiro atoms. The second-order valence-corrected chi connectivity index (χ2v) is 7.85. The number of hydrogen-bond acceptors (Lipinski definition) is 7. The van der Waals surface area contributed by atoms with Gasteiger partial charge in [-0.2, -0.15) is 5.26 Å². The Labute approximate surface area is 163 Å². The molecule has 0 radical (unpaired) electrons. The molecule has 9 heteroatoms. The second kappa shape index (κ2) is 8.24. The van der Waals surface area contributed by atoms with Gasteiger partial charge in [0, 0.05) is 4.90 Å². The predicted octanol–water partition coefficient (Wildman–Crippen LogP) is 2.99. The first-order valence-corrected chi connectivity index (χ1v) is 9.78. The molecule has 3 rings (SSSR count). The van der Waals surface area contributed by atoms with E-state index >= 15 is 0 Å². The van der Waals surface area contributed by atoms with Crippen molar-refractivity contribution in [3.8, 4) is 6.07 Å². The number of nitrogens with one attached hydrogen (secondary N) is 2. The Balaban J connectivity index is 1.55. The minimum atomic E-state index is -1.05. The Morgan fingerprint density at radius 3 is 2.93 bits per heavy atom. The smallest absolute Gasteiger partial charge is 0.308 e. The summed E-state index contributed by atoms with van der Waals surface area (Å²) in [4.78, 5) is 37.3. The van der Waals surface area contributed by atoms with E-state index in [4.69, 9.17) is 10.00 Å². The number of carbonyl (C=O) groups excluding carboxylic acids is 3. The minimum absolute atomic E-state index is 0.148. The molecule has 0 unspecified atom stereocenters. The van der Waals surface area contributed by atoms with Crippen molar-refractivity contribution < 1.29 is 19.1 Å². The molecule has 2 heterocycles. The van der Waals surface area contributed by atoms with Gasteiger partial charge in [-0.15, -0.1) is 23.1 Å². The van der Waals surface area contributed by atoms with Gasteiger partial charge in [-0.1, -0.05) is 12.1 Å². The quantitative estimate of drug-likeness (QED) is 0.746. The van der Waals surface area contributed by atoms with Gasteiger partial charge in [-0.3, -0.25) is 14.4 Å². The van der Waals surface area contributed by atoms with E-state index in [0.717, 1.165) is 4.90 Å². The lowest BCUT2D eigenvalue weighted by Crippen LogP contribution is -2.34. The molecule has 0 saturated carbocycles. The number of carbonyl (C=O) groups is 3. The number of ether oxygens (including phenoxy) is 1. The van der Waals surface area contributed by atoms with Crippen LogP contribution in [0.2, 0.25) is 0 Å². The van der Waals surface area contributed by atoms with E-state index in [1.54, 1.807) is 17.5 Å². The molecule has 0 fully saturated rings. The maximum Gasteiger partial charge on any atom is 0.308 e. The van der Waals surface area contributed by atoms with E-state index in [2.05, 4.69) is 10.6 Å². The van der Waals surface area contributed by atoms with Gasteiger partial charge in [0.1, 0.15) is 11.1 Å². The summed E-state index contributed by atoms with van der Waals surface area (Å²) >= 11 is 2.50. The molecule has 1 aliphatic rings. The fourth-order valence-electron chi connectivity index (χ4n) is 2.38. The molecule has 138 valence electrons. The standard InChI is InChI=1S/C18H15N3O4S2/c1-10(16(23)21-18-11(9-19)6-7-26-18)25-15(22)8-14-17(24)20-12-4-2-3-5-13(12)27-14/h2-7,10,14H,8H2,1H3,(H,20,24)(H,21,23)/t10-,14+/m0/s1. The monoisotopic (exact) mass is 401 g/mol. The lowest BCUT2D eigenvalue weighted by atomic mass is 10.2. The predicted molar refractivity (Wildman–Crippen MR) is 103 cm³/mol. The number of para-hydroxylation sites is 1. The Morgan fingerprint density at radius 2 is 2.15 bits per heavy atom. The summed E-state index contributed by atoms with van der Waals surface area (Å²) in [5.41, 5.74) is 1.06. The first-order chi connectivity index (χ1) is 13.0. The lowest BCUT2D eigenvalue weighted by molar-refractivity contribution is -0.153. The van der Waals surface area contributed by atoms with Crippen LogP contribution >= 0.6 is 23.1 Å². The largest absolute Gasteiger partial charge is 0.452 e. The molecule has 7 nitrogen and oxygen atoms in total. The Morgan fingerprint density at radius 1 is 1.37 bits per heavy atom. The molecule has 2 N–H and O–H groups in total. The Kier molecular flexibility index (Phi) is 5.78. The van der Waals surface area contributed by atoms with E-state index in [0.29, 0.717) is 16.3 Å². The van der Waals surface area contributed by atoms with Crippen molar-refractivity contribution in [3.05, 3.63) is 41.3 Å². The van der Waals surface area contributed by atoms with Crippen LogP contribution in [0.3, 0.4) is 0 Å². The normalized spacial score (nSPS) is 16.4. The zero-order valence-electron chi connectivity index (χ0n) is 14.2. The van der Waals surface area contributed by atoms with Gasteiger partial charge < -0.3 is 15.4 Å². The number of benzene rings is 1. The molecule has 2 atom stereocenters. The fourth-order valence-corrected chi connectivity index (χ4v) is 4.22. The van der Waals surface area contributed by atoms with Crippen molar-refractivity contribution in [3.63, 3.8) is 0 Å². The van der Waals surface area contributed by atoms with Crippen LogP contribution in [0.5, 0.6) is 0 Å². The van der Waals surface area contributed by atoms with Crippen LogP contribution in [0, 0.1) is 11.3 Å². The maximum absolute atomic E-state index is 12.2. The molecule has 0 saturated heterocycles. The van der Waals surface area contributed by atoms with E-state index in [1.165, 1.54) is 30.0 Å². The topological polar surface area (TPSA) is 108 Å². The second-order valence-electron chi connectivity index (χ2n) is 5.69. The third-order valence-electron chi connectivity index (χ3n) is 3.76. The van der Waals surface area contributed by atoms with Gasteiger partial charge in [0.15, 0.2) is 6.10 Å². The minimum Gasteiger partial charge on any atom is -0.452 e. The van der Waals surface area contributed by atoms with Crippen LogP contribution in [0.4, 0.5) is 10.7 Å². The number of rotatable bonds is 5. The zero-order valence-corrected chi connectivity index (χ0v) is 15.9. The molecule has 1 aromatic heterocycles. The van der Waals surface area contributed by atoms with Crippen molar-refractivity contribution in [2.75, 3.05) is 10.6 Å².